The predicted molar refractivity (Wildman–Crippen MR) is 97.2 cm³/mol. The van der Waals surface area contributed by atoms with Gasteiger partial charge < -0.3 is 10.4 Å². The molecule has 1 saturated carbocycles. The fourth-order valence-electron chi connectivity index (χ4n) is 2.57. The second-order valence-corrected chi connectivity index (χ2v) is 8.38. The van der Waals surface area contributed by atoms with Crippen molar-refractivity contribution in [2.75, 3.05) is 6.54 Å². The molecule has 0 bridgehead atoms. The van der Waals surface area contributed by atoms with Crippen molar-refractivity contribution >= 4 is 21.9 Å². The maximum absolute atomic E-state index is 12.1. The van der Waals surface area contributed by atoms with E-state index in [1.165, 1.54) is 0 Å². The molecule has 0 spiro atoms. The lowest BCUT2D eigenvalue weighted by Gasteiger charge is -2.12. The van der Waals surface area contributed by atoms with E-state index >= 15 is 0 Å². The average molecular weight is 382 g/mol. The van der Waals surface area contributed by atoms with Crippen molar-refractivity contribution in [2.24, 2.45) is 5.92 Å². The minimum atomic E-state index is -3.46. The summed E-state index contributed by atoms with van der Waals surface area (Å²) in [4.78, 5) is 23.2. The summed E-state index contributed by atoms with van der Waals surface area (Å²) >= 11 is 0. The van der Waals surface area contributed by atoms with Gasteiger partial charge in [-0.15, -0.1) is 0 Å². The van der Waals surface area contributed by atoms with Crippen molar-refractivity contribution in [1.82, 2.24) is 10.0 Å². The maximum Gasteiger partial charge on any atom is 0.308 e. The van der Waals surface area contributed by atoms with E-state index in [4.69, 9.17) is 5.11 Å². The van der Waals surface area contributed by atoms with Crippen molar-refractivity contribution in [3.05, 3.63) is 29.8 Å². The summed E-state index contributed by atoms with van der Waals surface area (Å²) in [7, 11) is -3.46. The van der Waals surface area contributed by atoms with Crippen LogP contribution in [-0.2, 0) is 26.0 Å². The van der Waals surface area contributed by atoms with Gasteiger partial charge in [-0.2, -0.15) is 0 Å². The van der Waals surface area contributed by atoms with Crippen LogP contribution in [-0.4, -0.2) is 38.0 Å². The Bertz CT molecular complexity index is 726. The van der Waals surface area contributed by atoms with E-state index in [0.29, 0.717) is 12.8 Å². The Morgan fingerprint density at radius 2 is 1.88 bits per heavy atom. The number of carbonyl (C=O) groups is 2. The summed E-state index contributed by atoms with van der Waals surface area (Å²) in [6.45, 7) is 2.04. The fraction of sp³-hybridized carbons (Fsp3) is 0.556. The minimum Gasteiger partial charge on any atom is -0.481 e. The summed E-state index contributed by atoms with van der Waals surface area (Å²) < 4.78 is 26.8. The largest absolute Gasteiger partial charge is 0.481 e. The second kappa shape index (κ2) is 9.14. The summed E-state index contributed by atoms with van der Waals surface area (Å²) in [5, 5.41) is 11.7. The molecule has 144 valence electrons. The van der Waals surface area contributed by atoms with Crippen molar-refractivity contribution in [2.45, 2.75) is 56.4 Å². The van der Waals surface area contributed by atoms with Gasteiger partial charge in [-0.05, 0) is 43.4 Å². The van der Waals surface area contributed by atoms with Crippen LogP contribution in [0, 0.1) is 5.92 Å². The number of rotatable bonds is 11. The molecule has 0 aromatic heterocycles. The minimum absolute atomic E-state index is 0.0608. The first-order valence-electron chi connectivity index (χ1n) is 8.92. The van der Waals surface area contributed by atoms with Gasteiger partial charge in [0, 0.05) is 19.0 Å². The highest BCUT2D eigenvalue weighted by molar-refractivity contribution is 7.89. The first-order valence-corrected chi connectivity index (χ1v) is 10.4. The lowest BCUT2D eigenvalue weighted by Crippen LogP contribution is -2.33. The molecule has 1 amide bonds. The number of sulfonamides is 1. The van der Waals surface area contributed by atoms with Crippen LogP contribution < -0.4 is 10.0 Å². The molecule has 1 fully saturated rings. The van der Waals surface area contributed by atoms with Crippen LogP contribution in [0.2, 0.25) is 0 Å². The second-order valence-electron chi connectivity index (χ2n) is 6.67. The van der Waals surface area contributed by atoms with Crippen LogP contribution in [0.5, 0.6) is 0 Å². The van der Waals surface area contributed by atoms with Gasteiger partial charge in [-0.1, -0.05) is 25.5 Å². The molecule has 3 N–H and O–H groups in total. The number of amides is 1. The summed E-state index contributed by atoms with van der Waals surface area (Å²) in [5.74, 6) is -1.67. The third kappa shape index (κ3) is 6.42. The van der Waals surface area contributed by atoms with Crippen LogP contribution in [0.25, 0.3) is 0 Å². The molecule has 1 aliphatic carbocycles. The molecule has 8 heteroatoms. The van der Waals surface area contributed by atoms with Gasteiger partial charge in [-0.3, -0.25) is 9.59 Å². The molecule has 26 heavy (non-hydrogen) atoms. The van der Waals surface area contributed by atoms with E-state index < -0.39 is 21.9 Å². The summed E-state index contributed by atoms with van der Waals surface area (Å²) in [6, 6.07) is 6.54. The fourth-order valence-corrected chi connectivity index (χ4v) is 3.87. The zero-order valence-corrected chi connectivity index (χ0v) is 15.7. The smallest absolute Gasteiger partial charge is 0.308 e. The molecule has 1 atom stereocenters. The maximum atomic E-state index is 12.1. The summed E-state index contributed by atoms with van der Waals surface area (Å²) in [5.41, 5.74) is 0.855. The van der Waals surface area contributed by atoms with Crippen LogP contribution in [0.4, 0.5) is 0 Å². The highest BCUT2D eigenvalue weighted by Crippen LogP contribution is 2.22. The van der Waals surface area contributed by atoms with Gasteiger partial charge in [0.2, 0.25) is 15.9 Å². The van der Waals surface area contributed by atoms with Gasteiger partial charge >= 0.3 is 5.97 Å². The monoisotopic (exact) mass is 382 g/mol. The molecular formula is C18H26N2O5S. The molecule has 0 saturated heterocycles. The topological polar surface area (TPSA) is 113 Å². The molecule has 2 rings (SSSR count). The molecular weight excluding hydrogens is 356 g/mol. The molecule has 0 heterocycles. The van der Waals surface area contributed by atoms with E-state index in [9.17, 15) is 18.0 Å². The first-order chi connectivity index (χ1) is 12.3. The normalized spacial score (nSPS) is 15.4. The van der Waals surface area contributed by atoms with Crippen LogP contribution >= 0.6 is 0 Å². The molecule has 1 aromatic rings. The van der Waals surface area contributed by atoms with Crippen LogP contribution in [0.1, 0.15) is 44.6 Å². The van der Waals surface area contributed by atoms with E-state index in [1.807, 2.05) is 6.92 Å². The van der Waals surface area contributed by atoms with Gasteiger partial charge in [-0.25, -0.2) is 13.1 Å². The van der Waals surface area contributed by atoms with Crippen molar-refractivity contribution in [1.29, 1.82) is 0 Å². The zero-order chi connectivity index (χ0) is 19.2. The van der Waals surface area contributed by atoms with Gasteiger partial charge in [0.05, 0.1) is 10.8 Å². The quantitative estimate of drug-likeness (QED) is 0.539. The van der Waals surface area contributed by atoms with Crippen molar-refractivity contribution in [3.8, 4) is 0 Å². The Morgan fingerprint density at radius 3 is 2.42 bits per heavy atom. The number of carboxylic acids is 1. The Labute approximate surface area is 154 Å². The van der Waals surface area contributed by atoms with Crippen molar-refractivity contribution in [3.63, 3.8) is 0 Å². The molecule has 1 aliphatic rings. The van der Waals surface area contributed by atoms with E-state index in [2.05, 4.69) is 10.0 Å². The molecule has 1 unspecified atom stereocenters. The zero-order valence-electron chi connectivity index (χ0n) is 14.9. The Hall–Kier alpha value is -1.93. The lowest BCUT2D eigenvalue weighted by atomic mass is 10.0. The molecule has 7 nitrogen and oxygen atoms in total. The number of benzene rings is 1. The Morgan fingerprint density at radius 1 is 1.23 bits per heavy atom. The molecule has 0 radical (unpaired) electrons. The average Bonchev–Trinajstić information content (AvgIpc) is 3.40. The number of aliphatic carboxylic acids is 1. The lowest BCUT2D eigenvalue weighted by molar-refractivity contribution is -0.141. The molecule has 1 aromatic carbocycles. The number of nitrogens with one attached hydrogen (secondary N) is 2. The standard InChI is InChI=1S/C18H26N2O5S/c1-2-3-14(18(22)23)12-19-17(21)11-6-13-4-9-16(10-5-13)26(24,25)20-15-7-8-15/h4-5,9-10,14-15,20H,2-3,6-8,11-12H2,1H3,(H,19,21)(H,22,23). The number of hydrogen-bond donors (Lipinski definition) is 3. The van der Waals surface area contributed by atoms with Crippen LogP contribution in [0.15, 0.2) is 29.2 Å². The highest BCUT2D eigenvalue weighted by Gasteiger charge is 2.27. The van der Waals surface area contributed by atoms with Crippen LogP contribution in [0.3, 0.4) is 0 Å². The summed E-state index contributed by atoms with van der Waals surface area (Å²) in [6.07, 6.45) is 3.73. The predicted octanol–water partition coefficient (Wildman–Crippen LogP) is 1.68. The third-order valence-electron chi connectivity index (χ3n) is 4.31. The Balaban J connectivity index is 1.79. The SMILES string of the molecule is CCCC(CNC(=O)CCc1ccc(S(=O)(=O)NC2CC2)cc1)C(=O)O. The molecule has 0 aliphatic heterocycles. The van der Waals surface area contributed by atoms with E-state index in [-0.39, 0.29) is 29.8 Å². The number of carbonyl (C=O) groups excluding carboxylic acids is 1. The highest BCUT2D eigenvalue weighted by atomic mass is 32.2. The number of aryl methyl sites for hydroxylation is 1. The van der Waals surface area contributed by atoms with E-state index in [1.54, 1.807) is 24.3 Å². The number of carboxylic acid groups (broad SMARTS) is 1. The third-order valence-corrected chi connectivity index (χ3v) is 5.84. The van der Waals surface area contributed by atoms with Crippen molar-refractivity contribution < 1.29 is 23.1 Å². The first kappa shape index (κ1) is 20.4. The van der Waals surface area contributed by atoms with E-state index in [0.717, 1.165) is 24.8 Å². The van der Waals surface area contributed by atoms with Gasteiger partial charge in [0.25, 0.3) is 0 Å². The Kier molecular flexibility index (Phi) is 7.16. The van der Waals surface area contributed by atoms with Gasteiger partial charge in [0.15, 0.2) is 0 Å². The number of hydrogen-bond acceptors (Lipinski definition) is 4. The van der Waals surface area contributed by atoms with Gasteiger partial charge in [0.1, 0.15) is 0 Å².